The van der Waals surface area contributed by atoms with Crippen LogP contribution in [0.5, 0.6) is 0 Å². The molecule has 5 nitrogen and oxygen atoms in total. The Morgan fingerprint density at radius 1 is 1.07 bits per heavy atom. The van der Waals surface area contributed by atoms with E-state index < -0.39 is 0 Å². The number of anilines is 1. The molecule has 0 unspecified atom stereocenters. The molecule has 0 aliphatic carbocycles. The van der Waals surface area contributed by atoms with Crippen LogP contribution < -0.4 is 16.0 Å². The van der Waals surface area contributed by atoms with Crippen molar-refractivity contribution in [2.24, 2.45) is 5.73 Å². The smallest absolute Gasteiger partial charge is 0.251 e. The summed E-state index contributed by atoms with van der Waals surface area (Å²) in [5, 5.41) is 3.78. The van der Waals surface area contributed by atoms with Gasteiger partial charge in [-0.2, -0.15) is 0 Å². The summed E-state index contributed by atoms with van der Waals surface area (Å²) in [6, 6.07) is 15.5. The van der Waals surface area contributed by atoms with E-state index in [1.54, 1.807) is 0 Å². The van der Waals surface area contributed by atoms with Gasteiger partial charge in [0.15, 0.2) is 0 Å². The van der Waals surface area contributed by atoms with Crippen molar-refractivity contribution in [2.45, 2.75) is 13.0 Å². The number of benzene rings is 2. The molecule has 0 saturated carbocycles. The molecule has 1 aliphatic rings. The van der Waals surface area contributed by atoms with Crippen molar-refractivity contribution in [1.82, 2.24) is 10.2 Å². The van der Waals surface area contributed by atoms with Gasteiger partial charge in [0.05, 0.1) is 0 Å². The van der Waals surface area contributed by atoms with Gasteiger partial charge in [0, 0.05) is 55.5 Å². The van der Waals surface area contributed by atoms with Crippen LogP contribution in [0.3, 0.4) is 0 Å². The number of carbonyl (C=O) groups excluding carboxylic acids is 1. The van der Waals surface area contributed by atoms with E-state index in [-0.39, 0.29) is 5.91 Å². The number of halogens is 1. The lowest BCUT2D eigenvalue weighted by atomic mass is 10.1. The Kier molecular flexibility index (Phi) is 7.10. The molecule has 0 radical (unpaired) electrons. The van der Waals surface area contributed by atoms with Gasteiger partial charge in [0.2, 0.25) is 0 Å². The predicted molar refractivity (Wildman–Crippen MR) is 111 cm³/mol. The molecular formula is C21H27ClN4O. The molecule has 0 atom stereocenters. The summed E-state index contributed by atoms with van der Waals surface area (Å²) in [6.45, 7) is 6.23. The fraction of sp³-hybridized carbons (Fsp3) is 0.381. The Bertz CT molecular complexity index is 742. The van der Waals surface area contributed by atoms with Crippen LogP contribution in [0.1, 0.15) is 22.3 Å². The molecule has 3 rings (SSSR count). The number of hydrogen-bond acceptors (Lipinski definition) is 4. The maximum atomic E-state index is 12.1. The van der Waals surface area contributed by atoms with E-state index >= 15 is 0 Å². The number of nitrogens with one attached hydrogen (secondary N) is 1. The summed E-state index contributed by atoms with van der Waals surface area (Å²) >= 11 is 6.08. The zero-order chi connectivity index (χ0) is 19.1. The number of piperazine rings is 1. The molecule has 27 heavy (non-hydrogen) atoms. The number of nitrogens with two attached hydrogens (primary N) is 1. The van der Waals surface area contributed by atoms with Gasteiger partial charge in [0.1, 0.15) is 0 Å². The van der Waals surface area contributed by atoms with Crippen LogP contribution in [0.15, 0.2) is 48.5 Å². The van der Waals surface area contributed by atoms with Crippen molar-refractivity contribution in [1.29, 1.82) is 0 Å². The summed E-state index contributed by atoms with van der Waals surface area (Å²) < 4.78 is 0. The van der Waals surface area contributed by atoms with Gasteiger partial charge in [-0.1, -0.05) is 29.8 Å². The molecule has 2 aromatic rings. The average molecular weight is 387 g/mol. The number of carbonyl (C=O) groups is 1. The molecule has 1 fully saturated rings. The maximum absolute atomic E-state index is 12.1. The third-order valence-corrected chi connectivity index (χ3v) is 5.17. The summed E-state index contributed by atoms with van der Waals surface area (Å²) in [7, 11) is 0. The van der Waals surface area contributed by atoms with Crippen LogP contribution in [0, 0.1) is 0 Å². The van der Waals surface area contributed by atoms with Crippen LogP contribution in [0.25, 0.3) is 0 Å². The zero-order valence-electron chi connectivity index (χ0n) is 15.5. The SMILES string of the molecule is NCc1ccc(C(=O)NCCCN2CCN(c3cccc(Cl)c3)CC2)cc1. The van der Waals surface area contributed by atoms with Crippen molar-refractivity contribution in [3.63, 3.8) is 0 Å². The molecule has 1 aliphatic heterocycles. The number of nitrogens with zero attached hydrogens (tertiary/aromatic N) is 2. The van der Waals surface area contributed by atoms with Gasteiger partial charge in [-0.05, 0) is 48.9 Å². The van der Waals surface area contributed by atoms with Crippen molar-refractivity contribution in [3.05, 3.63) is 64.7 Å². The lowest BCUT2D eigenvalue weighted by Crippen LogP contribution is -2.47. The highest BCUT2D eigenvalue weighted by Gasteiger charge is 2.17. The Hall–Kier alpha value is -2.08. The Morgan fingerprint density at radius 3 is 2.48 bits per heavy atom. The molecule has 1 amide bonds. The van der Waals surface area contributed by atoms with Gasteiger partial charge in [-0.15, -0.1) is 0 Å². The topological polar surface area (TPSA) is 61.6 Å². The van der Waals surface area contributed by atoms with E-state index in [4.69, 9.17) is 17.3 Å². The zero-order valence-corrected chi connectivity index (χ0v) is 16.3. The van der Waals surface area contributed by atoms with Crippen molar-refractivity contribution in [2.75, 3.05) is 44.2 Å². The lowest BCUT2D eigenvalue weighted by Gasteiger charge is -2.36. The molecule has 144 valence electrons. The summed E-state index contributed by atoms with van der Waals surface area (Å²) in [4.78, 5) is 17.0. The highest BCUT2D eigenvalue weighted by molar-refractivity contribution is 6.30. The van der Waals surface area contributed by atoms with E-state index in [1.807, 2.05) is 42.5 Å². The van der Waals surface area contributed by atoms with Gasteiger partial charge < -0.3 is 16.0 Å². The van der Waals surface area contributed by atoms with E-state index in [2.05, 4.69) is 21.2 Å². The maximum Gasteiger partial charge on any atom is 0.251 e. The second kappa shape index (κ2) is 9.74. The summed E-state index contributed by atoms with van der Waals surface area (Å²) in [6.07, 6.45) is 0.948. The Labute approximate surface area is 166 Å². The van der Waals surface area contributed by atoms with Crippen LogP contribution in [-0.2, 0) is 6.54 Å². The first kappa shape index (κ1) is 19.7. The first-order chi connectivity index (χ1) is 13.2. The van der Waals surface area contributed by atoms with E-state index in [0.29, 0.717) is 18.7 Å². The molecule has 0 bridgehead atoms. The molecule has 6 heteroatoms. The minimum atomic E-state index is -0.0238. The third-order valence-electron chi connectivity index (χ3n) is 4.93. The Balaban J connectivity index is 1.35. The summed E-state index contributed by atoms with van der Waals surface area (Å²) in [5.41, 5.74) is 8.48. The normalized spacial score (nSPS) is 15.0. The van der Waals surface area contributed by atoms with E-state index in [0.717, 1.165) is 49.7 Å². The number of rotatable bonds is 7. The van der Waals surface area contributed by atoms with Gasteiger partial charge in [-0.25, -0.2) is 0 Å². The fourth-order valence-electron chi connectivity index (χ4n) is 3.30. The third kappa shape index (κ3) is 5.70. The van der Waals surface area contributed by atoms with E-state index in [9.17, 15) is 4.79 Å². The molecule has 0 spiro atoms. The minimum absolute atomic E-state index is 0.0238. The van der Waals surface area contributed by atoms with Gasteiger partial charge in [0.25, 0.3) is 5.91 Å². The fourth-order valence-corrected chi connectivity index (χ4v) is 3.49. The second-order valence-corrected chi connectivity index (χ2v) is 7.26. The van der Waals surface area contributed by atoms with Crippen molar-refractivity contribution >= 4 is 23.2 Å². The van der Waals surface area contributed by atoms with Crippen LogP contribution >= 0.6 is 11.6 Å². The molecule has 1 heterocycles. The van der Waals surface area contributed by atoms with E-state index in [1.165, 1.54) is 5.69 Å². The minimum Gasteiger partial charge on any atom is -0.369 e. The van der Waals surface area contributed by atoms with Crippen LogP contribution in [0.2, 0.25) is 5.02 Å². The van der Waals surface area contributed by atoms with Crippen LogP contribution in [-0.4, -0.2) is 50.1 Å². The molecule has 1 saturated heterocycles. The predicted octanol–water partition coefficient (Wildman–Crippen LogP) is 2.74. The molecule has 0 aromatic heterocycles. The average Bonchev–Trinajstić information content (AvgIpc) is 2.71. The highest BCUT2D eigenvalue weighted by atomic mass is 35.5. The largest absolute Gasteiger partial charge is 0.369 e. The molecular weight excluding hydrogens is 360 g/mol. The first-order valence-electron chi connectivity index (χ1n) is 9.46. The van der Waals surface area contributed by atoms with Crippen molar-refractivity contribution in [3.8, 4) is 0 Å². The quantitative estimate of drug-likeness (QED) is 0.718. The molecule has 3 N–H and O–H groups in total. The number of hydrogen-bond donors (Lipinski definition) is 2. The molecule has 2 aromatic carbocycles. The standard InChI is InChI=1S/C21H27ClN4O/c22-19-3-1-4-20(15-19)26-13-11-25(12-14-26)10-2-9-24-21(27)18-7-5-17(16-23)6-8-18/h1,3-8,15H,2,9-14,16,23H2,(H,24,27). The second-order valence-electron chi connectivity index (χ2n) is 6.82. The highest BCUT2D eigenvalue weighted by Crippen LogP contribution is 2.20. The first-order valence-corrected chi connectivity index (χ1v) is 9.83. The number of amides is 1. The lowest BCUT2D eigenvalue weighted by molar-refractivity contribution is 0.0951. The monoisotopic (exact) mass is 386 g/mol. The summed E-state index contributed by atoms with van der Waals surface area (Å²) in [5.74, 6) is -0.0238. The van der Waals surface area contributed by atoms with Crippen molar-refractivity contribution < 1.29 is 4.79 Å². The van der Waals surface area contributed by atoms with Crippen LogP contribution in [0.4, 0.5) is 5.69 Å². The Morgan fingerprint density at radius 2 is 1.81 bits per heavy atom. The van der Waals surface area contributed by atoms with Gasteiger partial charge >= 0.3 is 0 Å². The van der Waals surface area contributed by atoms with Gasteiger partial charge in [-0.3, -0.25) is 9.69 Å².